The highest BCUT2D eigenvalue weighted by atomic mass is 16.3. The molecule has 352 valence electrons. The van der Waals surface area contributed by atoms with Crippen molar-refractivity contribution in [2.75, 3.05) is 6.61 Å². The number of hydrogen-bond acceptors (Lipinski definition) is 5. The van der Waals surface area contributed by atoms with Crippen LogP contribution in [0.1, 0.15) is 290 Å². The highest BCUT2D eigenvalue weighted by Gasteiger charge is 2.28. The summed E-state index contributed by atoms with van der Waals surface area (Å²) in [6.07, 6.45) is 55.5. The van der Waals surface area contributed by atoms with Gasteiger partial charge in [0.1, 0.15) is 12.2 Å². The first-order valence-corrected chi connectivity index (χ1v) is 26.6. The van der Waals surface area contributed by atoms with Crippen molar-refractivity contribution < 1.29 is 25.2 Å². The maximum atomic E-state index is 12.6. The second kappa shape index (κ2) is 48.1. The molecule has 0 aromatic carbocycles. The van der Waals surface area contributed by atoms with E-state index in [1.807, 2.05) is 0 Å². The second-order valence-corrected chi connectivity index (χ2v) is 18.6. The van der Waals surface area contributed by atoms with Crippen LogP contribution in [-0.4, -0.2) is 57.3 Å². The number of unbranched alkanes of at least 4 members (excludes halogenated alkanes) is 38. The van der Waals surface area contributed by atoms with E-state index in [1.54, 1.807) is 0 Å². The van der Waals surface area contributed by atoms with Crippen LogP contribution in [0, 0.1) is 0 Å². The van der Waals surface area contributed by atoms with Crippen LogP contribution in [0.25, 0.3) is 0 Å². The van der Waals surface area contributed by atoms with E-state index in [4.69, 9.17) is 0 Å². The molecule has 1 amide bonds. The molecule has 0 spiro atoms. The Morgan fingerprint density at radius 1 is 0.407 bits per heavy atom. The van der Waals surface area contributed by atoms with E-state index in [1.165, 1.54) is 218 Å². The molecule has 0 saturated heterocycles. The predicted molar refractivity (Wildman–Crippen MR) is 256 cm³/mol. The molecule has 0 aromatic rings. The molecule has 0 bridgehead atoms. The first kappa shape index (κ1) is 58.0. The fourth-order valence-electron chi connectivity index (χ4n) is 8.52. The van der Waals surface area contributed by atoms with Gasteiger partial charge in [-0.3, -0.25) is 4.79 Å². The number of hydrogen-bond donors (Lipinski definition) is 5. The average Bonchev–Trinajstić information content (AvgIpc) is 3.24. The van der Waals surface area contributed by atoms with Crippen molar-refractivity contribution >= 4 is 5.91 Å². The Morgan fingerprint density at radius 3 is 0.983 bits per heavy atom. The van der Waals surface area contributed by atoms with Gasteiger partial charge in [-0.1, -0.05) is 264 Å². The zero-order chi connectivity index (χ0) is 43.1. The summed E-state index contributed by atoms with van der Waals surface area (Å²) < 4.78 is 0. The molecule has 0 aliphatic heterocycles. The SMILES string of the molecule is CCCCCCCCCCCCC/C=C\CCCCCCCCC(O)C(=O)NC(CO)C(O)C(O)CCCCCCCCCCCCCCCCCCCCCCCC. The van der Waals surface area contributed by atoms with E-state index in [2.05, 4.69) is 31.3 Å². The van der Waals surface area contributed by atoms with Crippen molar-refractivity contribution in [3.8, 4) is 0 Å². The Hall–Kier alpha value is -0.950. The van der Waals surface area contributed by atoms with Crippen LogP contribution in [0.3, 0.4) is 0 Å². The molecule has 0 aromatic heterocycles. The monoisotopic (exact) mass is 836 g/mol. The number of carbonyl (C=O) groups is 1. The molecule has 0 rings (SSSR count). The summed E-state index contributed by atoms with van der Waals surface area (Å²) in [6.45, 7) is 4.09. The molecule has 0 aliphatic rings. The summed E-state index contributed by atoms with van der Waals surface area (Å²) in [7, 11) is 0. The Bertz CT molecular complexity index is 852. The van der Waals surface area contributed by atoms with E-state index in [0.717, 1.165) is 44.9 Å². The quantitative estimate of drug-likeness (QED) is 0.0310. The minimum absolute atomic E-state index is 0.365. The molecule has 4 atom stereocenters. The first-order valence-electron chi connectivity index (χ1n) is 26.6. The van der Waals surface area contributed by atoms with Crippen LogP contribution in [0.5, 0.6) is 0 Å². The van der Waals surface area contributed by atoms with Crippen LogP contribution in [0.2, 0.25) is 0 Å². The number of allylic oxidation sites excluding steroid dienone is 2. The van der Waals surface area contributed by atoms with E-state index < -0.39 is 36.9 Å². The van der Waals surface area contributed by atoms with Crippen molar-refractivity contribution in [1.82, 2.24) is 5.32 Å². The van der Waals surface area contributed by atoms with Gasteiger partial charge in [0.05, 0.1) is 18.8 Å². The summed E-state index contributed by atoms with van der Waals surface area (Å²) in [6, 6.07) is -0.986. The van der Waals surface area contributed by atoms with E-state index >= 15 is 0 Å². The van der Waals surface area contributed by atoms with E-state index in [0.29, 0.717) is 12.8 Å². The van der Waals surface area contributed by atoms with Crippen molar-refractivity contribution in [2.24, 2.45) is 0 Å². The highest BCUT2D eigenvalue weighted by molar-refractivity contribution is 5.80. The second-order valence-electron chi connectivity index (χ2n) is 18.6. The Morgan fingerprint density at radius 2 is 0.678 bits per heavy atom. The van der Waals surface area contributed by atoms with Crippen molar-refractivity contribution in [2.45, 2.75) is 314 Å². The molecule has 5 N–H and O–H groups in total. The molecule has 6 nitrogen and oxygen atoms in total. The van der Waals surface area contributed by atoms with Crippen LogP contribution in [0.4, 0.5) is 0 Å². The van der Waals surface area contributed by atoms with Crippen molar-refractivity contribution in [1.29, 1.82) is 0 Å². The van der Waals surface area contributed by atoms with Crippen molar-refractivity contribution in [3.63, 3.8) is 0 Å². The van der Waals surface area contributed by atoms with Gasteiger partial charge in [-0.2, -0.15) is 0 Å². The molecule has 6 heteroatoms. The van der Waals surface area contributed by atoms with Crippen LogP contribution < -0.4 is 5.32 Å². The molecule has 0 saturated carbocycles. The molecule has 0 fully saturated rings. The molecular weight excluding hydrogens is 731 g/mol. The van der Waals surface area contributed by atoms with Gasteiger partial charge >= 0.3 is 0 Å². The molecular formula is C53H105NO5. The molecule has 0 heterocycles. The average molecular weight is 836 g/mol. The number of rotatable bonds is 49. The third kappa shape index (κ3) is 42.1. The van der Waals surface area contributed by atoms with Gasteiger partial charge in [-0.05, 0) is 38.5 Å². The maximum absolute atomic E-state index is 12.6. The minimum atomic E-state index is -1.26. The lowest BCUT2D eigenvalue weighted by atomic mass is 9.99. The number of aliphatic hydroxyl groups is 4. The molecule has 0 radical (unpaired) electrons. The minimum Gasteiger partial charge on any atom is -0.394 e. The topological polar surface area (TPSA) is 110 Å². The summed E-state index contributed by atoms with van der Waals surface area (Å²) in [4.78, 5) is 12.6. The maximum Gasteiger partial charge on any atom is 0.249 e. The lowest BCUT2D eigenvalue weighted by Gasteiger charge is -2.27. The zero-order valence-electron chi connectivity index (χ0n) is 39.8. The standard InChI is InChI=1S/C53H105NO5/c1-3-5-7-9-11-13-15-17-19-21-23-25-27-28-30-32-34-36-38-40-42-44-46-50(56)52(58)49(48-55)54-53(59)51(57)47-45-43-41-39-37-35-33-31-29-26-24-22-20-18-16-14-12-10-8-6-4-2/h29,31,49-52,55-58H,3-28,30,32-48H2,1-2H3,(H,54,59)/b31-29-. The van der Waals surface area contributed by atoms with Crippen LogP contribution in [-0.2, 0) is 4.79 Å². The third-order valence-electron chi connectivity index (χ3n) is 12.7. The number of nitrogens with one attached hydrogen (secondary N) is 1. The number of aliphatic hydroxyl groups excluding tert-OH is 4. The van der Waals surface area contributed by atoms with Gasteiger partial charge in [0.15, 0.2) is 0 Å². The first-order chi connectivity index (χ1) is 29.0. The lowest BCUT2D eigenvalue weighted by molar-refractivity contribution is -0.132. The smallest absolute Gasteiger partial charge is 0.249 e. The molecule has 0 aliphatic carbocycles. The van der Waals surface area contributed by atoms with E-state index in [9.17, 15) is 25.2 Å². The van der Waals surface area contributed by atoms with Crippen molar-refractivity contribution in [3.05, 3.63) is 12.2 Å². The predicted octanol–water partition coefficient (Wildman–Crippen LogP) is 14.9. The summed E-state index contributed by atoms with van der Waals surface area (Å²) in [5, 5.41) is 43.9. The van der Waals surface area contributed by atoms with Gasteiger partial charge in [-0.15, -0.1) is 0 Å². The highest BCUT2D eigenvalue weighted by Crippen LogP contribution is 2.18. The summed E-state index contributed by atoms with van der Waals surface area (Å²) in [5.41, 5.74) is 0. The van der Waals surface area contributed by atoms with Gasteiger partial charge < -0.3 is 25.7 Å². The normalized spacial score (nSPS) is 13.9. The molecule has 4 unspecified atom stereocenters. The fourth-order valence-corrected chi connectivity index (χ4v) is 8.52. The fraction of sp³-hybridized carbons (Fsp3) is 0.943. The van der Waals surface area contributed by atoms with Crippen LogP contribution in [0.15, 0.2) is 12.2 Å². The van der Waals surface area contributed by atoms with Gasteiger partial charge in [0.2, 0.25) is 5.91 Å². The van der Waals surface area contributed by atoms with E-state index in [-0.39, 0.29) is 0 Å². The Labute approximate surface area is 368 Å². The lowest BCUT2D eigenvalue weighted by Crippen LogP contribution is -2.53. The summed E-state index contributed by atoms with van der Waals surface area (Å²) in [5.74, 6) is -0.584. The molecule has 59 heavy (non-hydrogen) atoms. The largest absolute Gasteiger partial charge is 0.394 e. The number of amides is 1. The third-order valence-corrected chi connectivity index (χ3v) is 12.7. The van der Waals surface area contributed by atoms with Crippen LogP contribution >= 0.6 is 0 Å². The number of carbonyl (C=O) groups excluding carboxylic acids is 1. The van der Waals surface area contributed by atoms with Gasteiger partial charge in [-0.25, -0.2) is 0 Å². The van der Waals surface area contributed by atoms with Gasteiger partial charge in [0, 0.05) is 0 Å². The Balaban J connectivity index is 3.65. The Kier molecular flexibility index (Phi) is 47.3. The zero-order valence-corrected chi connectivity index (χ0v) is 39.8. The van der Waals surface area contributed by atoms with Gasteiger partial charge in [0.25, 0.3) is 0 Å². The summed E-state index contributed by atoms with van der Waals surface area (Å²) >= 11 is 0.